The van der Waals surface area contributed by atoms with Crippen molar-refractivity contribution in [2.75, 3.05) is 18.5 Å². The van der Waals surface area contributed by atoms with Crippen LogP contribution < -0.4 is 5.32 Å². The van der Waals surface area contributed by atoms with Crippen molar-refractivity contribution in [2.45, 2.75) is 65.9 Å². The quantitative estimate of drug-likeness (QED) is 0.238. The van der Waals surface area contributed by atoms with Crippen molar-refractivity contribution in [1.29, 1.82) is 0 Å². The Hall–Kier alpha value is -2.83. The molecule has 0 aliphatic heterocycles. The Labute approximate surface area is 178 Å². The molecule has 0 aliphatic carbocycles. The van der Waals surface area contributed by atoms with Crippen LogP contribution in [0.25, 0.3) is 6.08 Å². The normalized spacial score (nSPS) is 11.2. The summed E-state index contributed by atoms with van der Waals surface area (Å²) in [6, 6.07) is 4.68. The molecule has 0 atom stereocenters. The summed E-state index contributed by atoms with van der Waals surface area (Å²) in [5, 5.41) is 2.64. The molecule has 1 aromatic carbocycles. The van der Waals surface area contributed by atoms with E-state index in [0.717, 1.165) is 25.7 Å². The fourth-order valence-corrected chi connectivity index (χ4v) is 2.27. The number of ether oxygens (including phenoxy) is 3. The molecule has 0 radical (unpaired) electrons. The molecule has 0 saturated heterocycles. The Bertz CT molecular complexity index is 749. The molecule has 1 N–H and O–H groups in total. The number of esters is 2. The molecule has 0 fully saturated rings. The van der Waals surface area contributed by atoms with Gasteiger partial charge in [0.25, 0.3) is 0 Å². The van der Waals surface area contributed by atoms with Crippen molar-refractivity contribution in [3.8, 4) is 0 Å². The van der Waals surface area contributed by atoms with Crippen LogP contribution in [0.15, 0.2) is 24.3 Å². The maximum absolute atomic E-state index is 12.3. The summed E-state index contributed by atoms with van der Waals surface area (Å²) in [4.78, 5) is 36.3. The maximum Gasteiger partial charge on any atom is 0.412 e. The number of carbonyl (C=O) groups excluding carboxylic acids is 3. The van der Waals surface area contributed by atoms with Gasteiger partial charge in [-0.2, -0.15) is 0 Å². The molecular formula is C23H33NO6. The van der Waals surface area contributed by atoms with E-state index >= 15 is 0 Å². The van der Waals surface area contributed by atoms with Crippen LogP contribution in [0.3, 0.4) is 0 Å². The Balaban J connectivity index is 3.03. The molecule has 0 heterocycles. The first-order valence-corrected chi connectivity index (χ1v) is 10.3. The zero-order valence-electron chi connectivity index (χ0n) is 18.6. The van der Waals surface area contributed by atoms with E-state index in [0.29, 0.717) is 30.0 Å². The average molecular weight is 420 g/mol. The molecule has 0 bridgehead atoms. The Kier molecular flexibility index (Phi) is 10.6. The molecule has 0 unspecified atom stereocenters. The molecule has 1 rings (SSSR count). The molecule has 7 heteroatoms. The lowest BCUT2D eigenvalue weighted by Crippen LogP contribution is -2.27. The Morgan fingerprint density at radius 3 is 2.23 bits per heavy atom. The summed E-state index contributed by atoms with van der Waals surface area (Å²) in [6.45, 7) is 9.96. The van der Waals surface area contributed by atoms with Crippen LogP contribution in [0.1, 0.15) is 76.2 Å². The number of rotatable bonds is 10. The number of amides is 1. The van der Waals surface area contributed by atoms with Crippen LogP contribution in [0.5, 0.6) is 0 Å². The summed E-state index contributed by atoms with van der Waals surface area (Å²) in [6.07, 6.45) is 5.51. The molecule has 1 aromatic rings. The number of benzene rings is 1. The van der Waals surface area contributed by atoms with Gasteiger partial charge in [0.1, 0.15) is 5.60 Å². The van der Waals surface area contributed by atoms with Crippen LogP contribution in [0.2, 0.25) is 0 Å². The van der Waals surface area contributed by atoms with Crippen molar-refractivity contribution in [2.24, 2.45) is 0 Å². The van der Waals surface area contributed by atoms with Gasteiger partial charge in [0.2, 0.25) is 0 Å². The second-order valence-corrected chi connectivity index (χ2v) is 7.77. The van der Waals surface area contributed by atoms with E-state index in [4.69, 9.17) is 14.2 Å². The van der Waals surface area contributed by atoms with E-state index in [-0.39, 0.29) is 0 Å². The molecule has 0 spiro atoms. The van der Waals surface area contributed by atoms with Crippen molar-refractivity contribution in [3.05, 3.63) is 35.4 Å². The Morgan fingerprint density at radius 2 is 1.63 bits per heavy atom. The first-order valence-electron chi connectivity index (χ1n) is 10.3. The van der Waals surface area contributed by atoms with E-state index in [9.17, 15) is 14.4 Å². The molecule has 7 nitrogen and oxygen atoms in total. The standard InChI is InChI=1S/C23H33NO6/c1-6-8-14-28-20(25)13-11-17-16-18(21(26)29-15-9-7-2)10-12-19(17)24-22(27)30-23(3,4)5/h10-13,16H,6-9,14-15H2,1-5H3,(H,24,27)/b13-11+. The van der Waals surface area contributed by atoms with Gasteiger partial charge in [-0.25, -0.2) is 14.4 Å². The zero-order chi connectivity index (χ0) is 22.6. The number of carbonyl (C=O) groups is 3. The van der Waals surface area contributed by atoms with Crippen LogP contribution >= 0.6 is 0 Å². The lowest BCUT2D eigenvalue weighted by Gasteiger charge is -2.20. The van der Waals surface area contributed by atoms with Crippen molar-refractivity contribution >= 4 is 29.8 Å². The fraction of sp³-hybridized carbons (Fsp3) is 0.522. The summed E-state index contributed by atoms with van der Waals surface area (Å²) >= 11 is 0. The average Bonchev–Trinajstić information content (AvgIpc) is 2.66. The summed E-state index contributed by atoms with van der Waals surface area (Å²) in [7, 11) is 0. The van der Waals surface area contributed by atoms with Gasteiger partial charge in [0.15, 0.2) is 0 Å². The minimum absolute atomic E-state index is 0.319. The van der Waals surface area contributed by atoms with Gasteiger partial charge < -0.3 is 14.2 Å². The van der Waals surface area contributed by atoms with Crippen LogP contribution in [0, 0.1) is 0 Å². The number of nitrogens with one attached hydrogen (secondary N) is 1. The highest BCUT2D eigenvalue weighted by Crippen LogP contribution is 2.21. The monoisotopic (exact) mass is 419 g/mol. The second kappa shape index (κ2) is 12.7. The van der Waals surface area contributed by atoms with Gasteiger partial charge >= 0.3 is 18.0 Å². The highest BCUT2D eigenvalue weighted by atomic mass is 16.6. The third-order valence-corrected chi connectivity index (χ3v) is 3.80. The molecule has 0 aliphatic rings. The second-order valence-electron chi connectivity index (χ2n) is 7.77. The maximum atomic E-state index is 12.3. The van der Waals surface area contributed by atoms with Crippen molar-refractivity contribution in [3.63, 3.8) is 0 Å². The van der Waals surface area contributed by atoms with E-state index in [1.807, 2.05) is 13.8 Å². The van der Waals surface area contributed by atoms with Crippen molar-refractivity contribution < 1.29 is 28.6 Å². The van der Waals surface area contributed by atoms with Gasteiger partial charge in [0.05, 0.1) is 24.5 Å². The largest absolute Gasteiger partial charge is 0.463 e. The van der Waals surface area contributed by atoms with Gasteiger partial charge in [-0.3, -0.25) is 5.32 Å². The van der Waals surface area contributed by atoms with E-state index < -0.39 is 23.6 Å². The number of hydrogen-bond donors (Lipinski definition) is 1. The third kappa shape index (κ3) is 10.1. The van der Waals surface area contributed by atoms with Gasteiger partial charge in [-0.1, -0.05) is 26.7 Å². The topological polar surface area (TPSA) is 90.9 Å². The molecule has 30 heavy (non-hydrogen) atoms. The summed E-state index contributed by atoms with van der Waals surface area (Å²) < 4.78 is 15.6. The van der Waals surface area contributed by atoms with Gasteiger partial charge in [-0.15, -0.1) is 0 Å². The predicted octanol–water partition coefficient (Wildman–Crippen LogP) is 5.35. The molecule has 166 valence electrons. The van der Waals surface area contributed by atoms with Crippen molar-refractivity contribution in [1.82, 2.24) is 0 Å². The SMILES string of the molecule is CCCCOC(=O)/C=C/c1cc(C(=O)OCCCC)ccc1NC(=O)OC(C)(C)C. The lowest BCUT2D eigenvalue weighted by atomic mass is 10.1. The van der Waals surface area contributed by atoms with E-state index in [1.165, 1.54) is 12.2 Å². The smallest absolute Gasteiger partial charge is 0.412 e. The zero-order valence-corrected chi connectivity index (χ0v) is 18.6. The fourth-order valence-electron chi connectivity index (χ4n) is 2.27. The minimum atomic E-state index is -0.661. The number of hydrogen-bond acceptors (Lipinski definition) is 6. The van der Waals surface area contributed by atoms with Gasteiger partial charge in [-0.05, 0) is 63.5 Å². The Morgan fingerprint density at radius 1 is 1.00 bits per heavy atom. The van der Waals surface area contributed by atoms with Crippen LogP contribution in [0.4, 0.5) is 10.5 Å². The van der Waals surface area contributed by atoms with E-state index in [2.05, 4.69) is 5.32 Å². The number of anilines is 1. The third-order valence-electron chi connectivity index (χ3n) is 3.80. The minimum Gasteiger partial charge on any atom is -0.463 e. The first-order chi connectivity index (χ1) is 14.2. The first kappa shape index (κ1) is 25.2. The summed E-state index contributed by atoms with van der Waals surface area (Å²) in [5.74, 6) is -0.963. The molecular weight excluding hydrogens is 386 g/mol. The van der Waals surface area contributed by atoms with Crippen LogP contribution in [-0.4, -0.2) is 36.8 Å². The highest BCUT2D eigenvalue weighted by Gasteiger charge is 2.18. The lowest BCUT2D eigenvalue weighted by molar-refractivity contribution is -0.137. The molecule has 0 saturated carbocycles. The van der Waals surface area contributed by atoms with Crippen LogP contribution in [-0.2, 0) is 19.0 Å². The summed E-state index contributed by atoms with van der Waals surface area (Å²) in [5.41, 5.74) is 0.511. The van der Waals surface area contributed by atoms with Gasteiger partial charge in [0, 0.05) is 6.08 Å². The highest BCUT2D eigenvalue weighted by molar-refractivity contribution is 5.95. The molecule has 1 amide bonds. The molecule has 0 aromatic heterocycles. The predicted molar refractivity (Wildman–Crippen MR) is 116 cm³/mol. The van der Waals surface area contributed by atoms with E-state index in [1.54, 1.807) is 39.0 Å². The number of unbranched alkanes of at least 4 members (excludes halogenated alkanes) is 2.